The Morgan fingerprint density at radius 2 is 2.03 bits per heavy atom. The zero-order valence-corrected chi connectivity index (χ0v) is 19.2. The van der Waals surface area contributed by atoms with Crippen LogP contribution in [-0.4, -0.2) is 30.8 Å². The summed E-state index contributed by atoms with van der Waals surface area (Å²) in [4.78, 5) is 14.7. The predicted molar refractivity (Wildman–Crippen MR) is 121 cm³/mol. The van der Waals surface area contributed by atoms with Crippen LogP contribution in [0.3, 0.4) is 0 Å². The van der Waals surface area contributed by atoms with Crippen molar-refractivity contribution in [1.82, 2.24) is 5.32 Å². The van der Waals surface area contributed by atoms with Crippen molar-refractivity contribution in [2.45, 2.75) is 77.4 Å². The molecule has 1 aliphatic heterocycles. The van der Waals surface area contributed by atoms with Crippen molar-refractivity contribution in [2.24, 2.45) is 11.8 Å². The number of ether oxygens (including phenoxy) is 1. The molecule has 1 unspecified atom stereocenters. The first-order chi connectivity index (χ1) is 14.2. The first-order valence-electron chi connectivity index (χ1n) is 11.2. The van der Waals surface area contributed by atoms with Gasteiger partial charge in [0.2, 0.25) is 0 Å². The maximum atomic E-state index is 12.3. The van der Waals surface area contributed by atoms with Crippen LogP contribution in [-0.2, 0) is 4.74 Å². The van der Waals surface area contributed by atoms with Gasteiger partial charge in [-0.25, -0.2) is 4.79 Å². The van der Waals surface area contributed by atoms with Crippen LogP contribution in [0.1, 0.15) is 71.3 Å². The predicted octanol–water partition coefficient (Wildman–Crippen LogP) is 5.90. The maximum Gasteiger partial charge on any atom is 0.407 e. The maximum absolute atomic E-state index is 12.3. The second-order valence-electron chi connectivity index (χ2n) is 9.76. The van der Waals surface area contributed by atoms with Crippen molar-refractivity contribution in [3.8, 4) is 6.07 Å². The highest BCUT2D eigenvalue weighted by Crippen LogP contribution is 2.35. The van der Waals surface area contributed by atoms with Gasteiger partial charge in [0.25, 0.3) is 0 Å². The minimum atomic E-state index is -0.472. The summed E-state index contributed by atoms with van der Waals surface area (Å²) in [6, 6.07) is 8.05. The summed E-state index contributed by atoms with van der Waals surface area (Å²) in [5.41, 5.74) is 1.14. The van der Waals surface area contributed by atoms with Crippen molar-refractivity contribution in [1.29, 1.82) is 5.26 Å². The Hall–Kier alpha value is -1.93. The fraction of sp³-hybridized carbons (Fsp3) is 0.667. The third kappa shape index (κ3) is 6.28. The van der Waals surface area contributed by atoms with Crippen molar-refractivity contribution >= 4 is 23.4 Å². The fourth-order valence-corrected chi connectivity index (χ4v) is 5.07. The van der Waals surface area contributed by atoms with E-state index in [1.54, 1.807) is 0 Å². The Morgan fingerprint density at radius 1 is 1.27 bits per heavy atom. The molecule has 6 heteroatoms. The van der Waals surface area contributed by atoms with E-state index in [-0.39, 0.29) is 12.1 Å². The molecule has 1 aliphatic carbocycles. The number of amides is 1. The largest absolute Gasteiger partial charge is 0.444 e. The number of alkyl carbamates (subject to hydrolysis) is 1. The molecule has 1 aromatic rings. The molecule has 2 fully saturated rings. The van der Waals surface area contributed by atoms with E-state index >= 15 is 0 Å². The van der Waals surface area contributed by atoms with E-state index in [4.69, 9.17) is 21.6 Å². The minimum absolute atomic E-state index is 0.202. The summed E-state index contributed by atoms with van der Waals surface area (Å²) >= 11 is 6.25. The molecule has 1 saturated carbocycles. The van der Waals surface area contributed by atoms with Crippen LogP contribution >= 0.6 is 11.6 Å². The number of nitrogens with one attached hydrogen (secondary N) is 1. The Labute approximate surface area is 185 Å². The third-order valence-corrected chi connectivity index (χ3v) is 6.52. The van der Waals surface area contributed by atoms with Gasteiger partial charge in [0, 0.05) is 24.8 Å². The molecule has 3 rings (SSSR count). The third-order valence-electron chi connectivity index (χ3n) is 6.20. The van der Waals surface area contributed by atoms with Crippen LogP contribution in [0.5, 0.6) is 0 Å². The Bertz CT molecular complexity index is 784. The van der Waals surface area contributed by atoms with Gasteiger partial charge in [-0.2, -0.15) is 5.26 Å². The van der Waals surface area contributed by atoms with Gasteiger partial charge < -0.3 is 15.0 Å². The summed E-state index contributed by atoms with van der Waals surface area (Å²) in [6.07, 6.45) is 7.80. The first-order valence-corrected chi connectivity index (χ1v) is 11.6. The molecule has 1 saturated heterocycles. The lowest BCUT2D eigenvalue weighted by atomic mass is 9.77. The molecule has 1 amide bonds. The van der Waals surface area contributed by atoms with Crippen molar-refractivity contribution in [2.75, 3.05) is 18.0 Å². The van der Waals surface area contributed by atoms with E-state index in [0.29, 0.717) is 22.4 Å². The van der Waals surface area contributed by atoms with Gasteiger partial charge in [0.1, 0.15) is 11.7 Å². The van der Waals surface area contributed by atoms with Gasteiger partial charge in [-0.1, -0.05) is 24.4 Å². The number of rotatable bonds is 4. The van der Waals surface area contributed by atoms with Gasteiger partial charge in [-0.3, -0.25) is 0 Å². The summed E-state index contributed by atoms with van der Waals surface area (Å²) < 4.78 is 5.49. The van der Waals surface area contributed by atoms with Crippen LogP contribution in [0.4, 0.5) is 10.5 Å². The van der Waals surface area contributed by atoms with Crippen LogP contribution in [0.25, 0.3) is 0 Å². The molecule has 3 atom stereocenters. The lowest BCUT2D eigenvalue weighted by Crippen LogP contribution is -2.46. The molecular weight excluding hydrogens is 398 g/mol. The number of carbonyl (C=O) groups excluding carboxylic acids is 1. The van der Waals surface area contributed by atoms with Crippen LogP contribution in [0.15, 0.2) is 18.2 Å². The van der Waals surface area contributed by atoms with E-state index in [1.165, 1.54) is 19.3 Å². The lowest BCUT2D eigenvalue weighted by molar-refractivity contribution is 0.0460. The van der Waals surface area contributed by atoms with Gasteiger partial charge in [-0.15, -0.1) is 0 Å². The van der Waals surface area contributed by atoms with Gasteiger partial charge in [-0.05, 0) is 82.9 Å². The molecule has 30 heavy (non-hydrogen) atoms. The molecule has 164 valence electrons. The van der Waals surface area contributed by atoms with Crippen molar-refractivity contribution in [3.05, 3.63) is 28.8 Å². The summed E-state index contributed by atoms with van der Waals surface area (Å²) in [5, 5.41) is 12.8. The van der Waals surface area contributed by atoms with Gasteiger partial charge >= 0.3 is 6.09 Å². The molecule has 0 aromatic heterocycles. The number of benzene rings is 1. The molecular formula is C24H34ClN3O2. The molecule has 5 nitrogen and oxygen atoms in total. The van der Waals surface area contributed by atoms with E-state index in [1.807, 2.05) is 39.0 Å². The highest BCUT2D eigenvalue weighted by Gasteiger charge is 2.31. The average Bonchev–Trinajstić information content (AvgIpc) is 2.68. The Morgan fingerprint density at radius 3 is 2.73 bits per heavy atom. The number of halogens is 1. The molecule has 1 N–H and O–H groups in total. The van der Waals surface area contributed by atoms with Gasteiger partial charge in [0.05, 0.1) is 10.6 Å². The molecule has 0 radical (unpaired) electrons. The Kier molecular flexibility index (Phi) is 7.52. The zero-order chi connectivity index (χ0) is 21.7. The van der Waals surface area contributed by atoms with Gasteiger partial charge in [0.15, 0.2) is 0 Å². The van der Waals surface area contributed by atoms with Crippen LogP contribution in [0, 0.1) is 23.2 Å². The van der Waals surface area contributed by atoms with Crippen LogP contribution < -0.4 is 10.2 Å². The monoisotopic (exact) mass is 431 g/mol. The summed E-state index contributed by atoms with van der Waals surface area (Å²) in [5.74, 6) is 1.10. The average molecular weight is 432 g/mol. The number of hydrogen-bond acceptors (Lipinski definition) is 4. The molecule has 1 aromatic carbocycles. The number of piperidine rings is 1. The van der Waals surface area contributed by atoms with Crippen molar-refractivity contribution < 1.29 is 9.53 Å². The fourth-order valence-electron chi connectivity index (χ4n) is 4.85. The molecule has 0 bridgehead atoms. The quantitative estimate of drug-likeness (QED) is 0.644. The number of hydrogen-bond donors (Lipinski definition) is 1. The second kappa shape index (κ2) is 9.92. The summed E-state index contributed by atoms with van der Waals surface area (Å²) in [6.45, 7) is 7.71. The van der Waals surface area contributed by atoms with Crippen LogP contribution in [0.2, 0.25) is 5.02 Å². The van der Waals surface area contributed by atoms with Crippen molar-refractivity contribution in [3.63, 3.8) is 0 Å². The minimum Gasteiger partial charge on any atom is -0.444 e. The molecule has 1 heterocycles. The standard InChI is InChI=1S/C24H34ClN3O2/c1-24(2,3)30-23(29)27-22-9-5-4-8-18(22)13-17-7-6-12-28(16-17)20-11-10-19(15-26)21(25)14-20/h10-11,14,17-18,22H,4-9,12-13,16H2,1-3H3,(H,27,29)/t17?,18-,22+/m0/s1. The molecule has 2 aliphatic rings. The highest BCUT2D eigenvalue weighted by atomic mass is 35.5. The van der Waals surface area contributed by atoms with E-state index in [0.717, 1.165) is 44.5 Å². The Balaban J connectivity index is 1.60. The first kappa shape index (κ1) is 22.7. The normalized spacial score (nSPS) is 24.8. The number of nitriles is 1. The topological polar surface area (TPSA) is 65.4 Å². The number of anilines is 1. The van der Waals surface area contributed by atoms with E-state index < -0.39 is 5.60 Å². The lowest BCUT2D eigenvalue weighted by Gasteiger charge is -2.39. The smallest absolute Gasteiger partial charge is 0.407 e. The number of nitrogens with zero attached hydrogens (tertiary/aromatic N) is 2. The summed E-state index contributed by atoms with van der Waals surface area (Å²) in [7, 11) is 0. The highest BCUT2D eigenvalue weighted by molar-refractivity contribution is 6.32. The SMILES string of the molecule is CC(C)(C)OC(=O)N[C@@H]1CCCC[C@H]1CC1CCCN(c2ccc(C#N)c(Cl)c2)C1. The zero-order valence-electron chi connectivity index (χ0n) is 18.4. The van der Waals surface area contributed by atoms with E-state index in [2.05, 4.69) is 16.3 Å². The molecule has 0 spiro atoms. The number of carbonyl (C=O) groups is 1. The second-order valence-corrected chi connectivity index (χ2v) is 10.2. The van der Waals surface area contributed by atoms with E-state index in [9.17, 15) is 4.79 Å².